The molecular weight excluding hydrogens is 573 g/mol. The summed E-state index contributed by atoms with van der Waals surface area (Å²) in [6.45, 7) is 11.1. The summed E-state index contributed by atoms with van der Waals surface area (Å²) < 4.78 is 56.1. The number of nitrogens with one attached hydrogen (secondary N) is 2. The van der Waals surface area contributed by atoms with Crippen molar-refractivity contribution < 1.29 is 27.4 Å². The van der Waals surface area contributed by atoms with Crippen molar-refractivity contribution in [2.75, 3.05) is 54.5 Å². The van der Waals surface area contributed by atoms with Crippen LogP contribution in [0.5, 0.6) is 0 Å². The van der Waals surface area contributed by atoms with Gasteiger partial charge in [0.05, 0.1) is 48.6 Å². The van der Waals surface area contributed by atoms with Crippen molar-refractivity contribution in [2.45, 2.75) is 52.3 Å². The van der Waals surface area contributed by atoms with Crippen molar-refractivity contribution in [1.29, 1.82) is 0 Å². The molecule has 0 radical (unpaired) electrons. The van der Waals surface area contributed by atoms with Crippen LogP contribution in [0, 0.1) is 23.4 Å². The average Bonchev–Trinajstić information content (AvgIpc) is 2.96. The van der Waals surface area contributed by atoms with E-state index in [9.17, 15) is 9.18 Å². The zero-order valence-electron chi connectivity index (χ0n) is 25.5. The first-order valence-electron chi connectivity index (χ1n) is 14.9. The van der Waals surface area contributed by atoms with Gasteiger partial charge in [0.2, 0.25) is 0 Å². The molecule has 3 aromatic rings. The Bertz CT molecular complexity index is 1450. The summed E-state index contributed by atoms with van der Waals surface area (Å²) in [5.74, 6) is -2.29. The highest BCUT2D eigenvalue weighted by Gasteiger charge is 2.29. The van der Waals surface area contributed by atoms with Crippen LogP contribution in [0.15, 0.2) is 42.7 Å². The van der Waals surface area contributed by atoms with Crippen LogP contribution in [-0.2, 0) is 16.0 Å². The van der Waals surface area contributed by atoms with E-state index in [1.165, 1.54) is 18.2 Å². The predicted octanol–water partition coefficient (Wildman–Crippen LogP) is 5.75. The number of carbonyl (C=O) groups is 1. The minimum absolute atomic E-state index is 0.115. The Balaban J connectivity index is 1.31. The number of morpholine rings is 1. The van der Waals surface area contributed by atoms with Crippen molar-refractivity contribution in [3.63, 3.8) is 0 Å². The van der Waals surface area contributed by atoms with Gasteiger partial charge in [-0.1, -0.05) is 6.92 Å². The molecule has 236 valence electrons. The molecule has 9 nitrogen and oxygen atoms in total. The summed E-state index contributed by atoms with van der Waals surface area (Å²) >= 11 is 0. The highest BCUT2D eigenvalue weighted by Crippen LogP contribution is 2.33. The molecule has 2 atom stereocenters. The molecule has 0 bridgehead atoms. The standard InChI is InChI=1S/C32H39F3N6O3/c1-20-13-22(39-31(42)44-32(2,3)4)19-41(18-20)28-7-8-36-17-27(28)37-16-21-5-6-24(33)30(38-21)29-25(34)14-23(15-26(29)35)40-9-11-43-12-10-40/h5-8,14-15,17,20,22,37H,9-13,16,18-19H2,1-4H3,(H,39,42)/t20-,22+/m1/s1. The van der Waals surface area contributed by atoms with Crippen molar-refractivity contribution in [1.82, 2.24) is 15.3 Å². The number of halogens is 3. The van der Waals surface area contributed by atoms with E-state index in [1.54, 1.807) is 12.4 Å². The van der Waals surface area contributed by atoms with Gasteiger partial charge in [0.15, 0.2) is 0 Å². The highest BCUT2D eigenvalue weighted by atomic mass is 19.1. The summed E-state index contributed by atoms with van der Waals surface area (Å²) in [4.78, 5) is 25.0. The zero-order valence-corrected chi connectivity index (χ0v) is 25.5. The molecule has 2 aromatic heterocycles. The molecular formula is C32H39F3N6O3. The Hall–Kier alpha value is -4.06. The Morgan fingerprint density at radius 2 is 1.77 bits per heavy atom. The number of benzene rings is 1. The second kappa shape index (κ2) is 13.3. The number of alkyl carbamates (subject to hydrolysis) is 1. The number of piperidine rings is 1. The number of nitrogens with zero attached hydrogens (tertiary/aromatic N) is 4. The Morgan fingerprint density at radius 1 is 1.05 bits per heavy atom. The van der Waals surface area contributed by atoms with E-state index in [1.807, 2.05) is 31.7 Å². The first kappa shape index (κ1) is 31.4. The van der Waals surface area contributed by atoms with Crippen molar-refractivity contribution >= 4 is 23.2 Å². The SMILES string of the molecule is C[C@@H]1C[C@H](NC(=O)OC(C)(C)C)CN(c2ccncc2NCc2ccc(F)c(-c3c(F)cc(N4CCOCC4)cc3F)n2)C1. The van der Waals surface area contributed by atoms with Crippen LogP contribution in [-0.4, -0.2) is 67.1 Å². The van der Waals surface area contributed by atoms with Crippen LogP contribution in [0.3, 0.4) is 0 Å². The third-order valence-electron chi connectivity index (χ3n) is 7.52. The minimum atomic E-state index is -0.883. The fourth-order valence-corrected chi connectivity index (χ4v) is 5.66. The number of hydrogen-bond acceptors (Lipinski definition) is 8. The number of anilines is 3. The van der Waals surface area contributed by atoms with Gasteiger partial charge >= 0.3 is 6.09 Å². The summed E-state index contributed by atoms with van der Waals surface area (Å²) in [5.41, 5.74) is 0.867. The molecule has 5 rings (SSSR count). The van der Waals surface area contributed by atoms with Gasteiger partial charge in [-0.3, -0.25) is 4.98 Å². The molecule has 12 heteroatoms. The van der Waals surface area contributed by atoms with Gasteiger partial charge < -0.3 is 29.9 Å². The second-order valence-electron chi connectivity index (χ2n) is 12.4. The number of carbonyl (C=O) groups excluding carboxylic acids is 1. The van der Waals surface area contributed by atoms with Gasteiger partial charge in [-0.25, -0.2) is 22.9 Å². The van der Waals surface area contributed by atoms with Gasteiger partial charge in [0, 0.05) is 44.1 Å². The van der Waals surface area contributed by atoms with Crippen LogP contribution < -0.4 is 20.4 Å². The number of rotatable bonds is 7. The van der Waals surface area contributed by atoms with Gasteiger partial charge in [0.25, 0.3) is 0 Å². The lowest BCUT2D eigenvalue weighted by molar-refractivity contribution is 0.0495. The number of amides is 1. The number of hydrogen-bond donors (Lipinski definition) is 2. The molecule has 2 N–H and O–H groups in total. The number of ether oxygens (including phenoxy) is 2. The minimum Gasteiger partial charge on any atom is -0.444 e. The van der Waals surface area contributed by atoms with Crippen LogP contribution in [0.25, 0.3) is 11.3 Å². The van der Waals surface area contributed by atoms with Crippen molar-refractivity contribution in [3.05, 3.63) is 65.9 Å². The smallest absolute Gasteiger partial charge is 0.407 e. The van der Waals surface area contributed by atoms with E-state index in [0.29, 0.717) is 55.8 Å². The quantitative estimate of drug-likeness (QED) is 0.349. The second-order valence-corrected chi connectivity index (χ2v) is 12.4. The van der Waals surface area contributed by atoms with E-state index in [0.717, 1.165) is 24.7 Å². The molecule has 0 unspecified atom stereocenters. The van der Waals surface area contributed by atoms with Crippen LogP contribution >= 0.6 is 0 Å². The molecule has 1 amide bonds. The van der Waals surface area contributed by atoms with E-state index >= 15 is 8.78 Å². The number of aromatic nitrogens is 2. The third-order valence-corrected chi connectivity index (χ3v) is 7.52. The van der Waals surface area contributed by atoms with E-state index in [-0.39, 0.29) is 18.3 Å². The zero-order chi connectivity index (χ0) is 31.4. The normalized spacial score (nSPS) is 19.1. The third kappa shape index (κ3) is 7.71. The van der Waals surface area contributed by atoms with E-state index < -0.39 is 34.7 Å². The van der Waals surface area contributed by atoms with Gasteiger partial charge in [-0.05, 0) is 63.4 Å². The van der Waals surface area contributed by atoms with Crippen molar-refractivity contribution in [2.24, 2.45) is 5.92 Å². The Kier molecular flexibility index (Phi) is 9.48. The molecule has 0 saturated carbocycles. The topological polar surface area (TPSA) is 91.8 Å². The number of pyridine rings is 2. The first-order valence-corrected chi connectivity index (χ1v) is 14.9. The molecule has 2 aliphatic heterocycles. The van der Waals surface area contributed by atoms with Gasteiger partial charge in [-0.2, -0.15) is 0 Å². The maximum atomic E-state index is 15.2. The Morgan fingerprint density at radius 3 is 2.48 bits per heavy atom. The molecule has 0 spiro atoms. The van der Waals surface area contributed by atoms with Crippen LogP contribution in [0.4, 0.5) is 35.0 Å². The fraction of sp³-hybridized carbons (Fsp3) is 0.469. The molecule has 0 aliphatic carbocycles. The summed E-state index contributed by atoms with van der Waals surface area (Å²) in [6, 6.07) is 6.83. The highest BCUT2D eigenvalue weighted by molar-refractivity contribution is 5.71. The predicted molar refractivity (Wildman–Crippen MR) is 163 cm³/mol. The fourth-order valence-electron chi connectivity index (χ4n) is 5.66. The lowest BCUT2D eigenvalue weighted by Gasteiger charge is -2.39. The van der Waals surface area contributed by atoms with Crippen LogP contribution in [0.1, 0.15) is 39.8 Å². The van der Waals surface area contributed by atoms with Crippen LogP contribution in [0.2, 0.25) is 0 Å². The molecule has 4 heterocycles. The Labute approximate surface area is 255 Å². The van der Waals surface area contributed by atoms with Crippen molar-refractivity contribution in [3.8, 4) is 11.3 Å². The van der Waals surface area contributed by atoms with E-state index in [2.05, 4.69) is 32.4 Å². The van der Waals surface area contributed by atoms with E-state index in [4.69, 9.17) is 9.47 Å². The molecule has 2 aliphatic rings. The summed E-state index contributed by atoms with van der Waals surface area (Å²) in [7, 11) is 0. The lowest BCUT2D eigenvalue weighted by Crippen LogP contribution is -2.51. The first-order chi connectivity index (χ1) is 21.0. The van der Waals surface area contributed by atoms with Gasteiger partial charge in [-0.15, -0.1) is 0 Å². The van der Waals surface area contributed by atoms with Gasteiger partial charge in [0.1, 0.15) is 28.7 Å². The molecule has 2 fully saturated rings. The maximum Gasteiger partial charge on any atom is 0.407 e. The molecule has 1 aromatic carbocycles. The lowest BCUT2D eigenvalue weighted by atomic mass is 9.95. The summed E-state index contributed by atoms with van der Waals surface area (Å²) in [6.07, 6.45) is 3.73. The largest absolute Gasteiger partial charge is 0.444 e. The maximum absolute atomic E-state index is 15.2. The average molecular weight is 613 g/mol. The molecule has 44 heavy (non-hydrogen) atoms. The summed E-state index contributed by atoms with van der Waals surface area (Å²) in [5, 5.41) is 6.29. The monoisotopic (exact) mass is 612 g/mol. The molecule has 2 saturated heterocycles.